The van der Waals surface area contributed by atoms with E-state index < -0.39 is 10.0 Å². The molecule has 0 atom stereocenters. The maximum absolute atomic E-state index is 12.2. The minimum atomic E-state index is -3.37. The Hall–Kier alpha value is -0.390. The highest BCUT2D eigenvalue weighted by Gasteiger charge is 2.17. The number of aryl methyl sites for hydroxylation is 1. The summed E-state index contributed by atoms with van der Waals surface area (Å²) in [6, 6.07) is 5.28. The molecule has 0 unspecified atom stereocenters. The minimum Gasteiger partial charge on any atom is -0.211 e. The van der Waals surface area contributed by atoms with Crippen LogP contribution in [0, 0.1) is 0 Å². The SMILES string of the molecule is CCCCCNS(=O)(=O)c1ccc(Br)cc1CC. The van der Waals surface area contributed by atoms with Crippen LogP contribution < -0.4 is 4.72 Å². The van der Waals surface area contributed by atoms with Crippen LogP contribution in [0.15, 0.2) is 27.6 Å². The number of halogens is 1. The normalized spacial score (nSPS) is 11.7. The summed E-state index contributed by atoms with van der Waals surface area (Å²) in [5.74, 6) is 0. The Balaban J connectivity index is 2.84. The highest BCUT2D eigenvalue weighted by Crippen LogP contribution is 2.21. The number of rotatable bonds is 7. The van der Waals surface area contributed by atoms with E-state index >= 15 is 0 Å². The molecule has 0 saturated carbocycles. The molecule has 0 aliphatic heterocycles. The van der Waals surface area contributed by atoms with Crippen molar-refractivity contribution < 1.29 is 8.42 Å². The van der Waals surface area contributed by atoms with Crippen LogP contribution in [-0.2, 0) is 16.4 Å². The third-order valence-corrected chi connectivity index (χ3v) is 4.82. The number of unbranched alkanes of at least 4 members (excludes halogenated alkanes) is 2. The van der Waals surface area contributed by atoms with E-state index in [0.717, 1.165) is 29.3 Å². The highest BCUT2D eigenvalue weighted by molar-refractivity contribution is 9.10. The van der Waals surface area contributed by atoms with Crippen molar-refractivity contribution >= 4 is 26.0 Å². The average Bonchev–Trinajstić information content (AvgIpc) is 2.34. The van der Waals surface area contributed by atoms with Crippen LogP contribution in [0.4, 0.5) is 0 Å². The topological polar surface area (TPSA) is 46.2 Å². The lowest BCUT2D eigenvalue weighted by molar-refractivity contribution is 0.575. The molecule has 0 aliphatic rings. The van der Waals surface area contributed by atoms with Gasteiger partial charge in [0.15, 0.2) is 0 Å². The third kappa shape index (κ3) is 4.37. The van der Waals surface area contributed by atoms with Gasteiger partial charge in [0.1, 0.15) is 0 Å². The molecule has 0 radical (unpaired) electrons. The molecule has 1 aromatic carbocycles. The summed E-state index contributed by atoms with van der Waals surface area (Å²) in [4.78, 5) is 0.393. The molecule has 0 aliphatic carbocycles. The molecule has 0 bridgehead atoms. The number of nitrogens with one attached hydrogen (secondary N) is 1. The van der Waals surface area contributed by atoms with Crippen LogP contribution in [0.2, 0.25) is 0 Å². The molecule has 1 N–H and O–H groups in total. The van der Waals surface area contributed by atoms with Crippen molar-refractivity contribution in [2.24, 2.45) is 0 Å². The van der Waals surface area contributed by atoms with Gasteiger partial charge in [0, 0.05) is 11.0 Å². The molecule has 0 amide bonds. The number of hydrogen-bond donors (Lipinski definition) is 1. The molecule has 0 heterocycles. The van der Waals surface area contributed by atoms with Gasteiger partial charge in [-0.15, -0.1) is 0 Å². The van der Waals surface area contributed by atoms with E-state index in [1.165, 1.54) is 0 Å². The van der Waals surface area contributed by atoms with Crippen LogP contribution in [0.25, 0.3) is 0 Å². The summed E-state index contributed by atoms with van der Waals surface area (Å²) >= 11 is 3.36. The van der Waals surface area contributed by atoms with Crippen molar-refractivity contribution in [1.29, 1.82) is 0 Å². The Kier molecular flexibility index (Phi) is 6.32. The molecule has 0 spiro atoms. The van der Waals surface area contributed by atoms with E-state index in [-0.39, 0.29) is 0 Å². The van der Waals surface area contributed by atoms with Crippen molar-refractivity contribution in [3.05, 3.63) is 28.2 Å². The Morgan fingerprint density at radius 2 is 1.94 bits per heavy atom. The fourth-order valence-corrected chi connectivity index (χ4v) is 3.52. The van der Waals surface area contributed by atoms with Crippen molar-refractivity contribution in [3.8, 4) is 0 Å². The predicted molar refractivity (Wildman–Crippen MR) is 78.2 cm³/mol. The zero-order chi connectivity index (χ0) is 13.6. The van der Waals surface area contributed by atoms with E-state index in [0.29, 0.717) is 17.9 Å². The first-order chi connectivity index (χ1) is 8.51. The molecule has 5 heteroatoms. The molecule has 1 rings (SSSR count). The Bertz CT molecular complexity index is 486. The van der Waals surface area contributed by atoms with E-state index in [2.05, 4.69) is 27.6 Å². The molecule has 1 aromatic rings. The van der Waals surface area contributed by atoms with Gasteiger partial charge in [-0.3, -0.25) is 0 Å². The van der Waals surface area contributed by atoms with Gasteiger partial charge in [0.2, 0.25) is 10.0 Å². The number of hydrogen-bond acceptors (Lipinski definition) is 2. The smallest absolute Gasteiger partial charge is 0.211 e. The molecule has 0 saturated heterocycles. The van der Waals surface area contributed by atoms with Gasteiger partial charge in [0.25, 0.3) is 0 Å². The lowest BCUT2D eigenvalue weighted by Gasteiger charge is -2.10. The van der Waals surface area contributed by atoms with E-state index in [4.69, 9.17) is 0 Å². The lowest BCUT2D eigenvalue weighted by Crippen LogP contribution is -2.25. The highest BCUT2D eigenvalue weighted by atomic mass is 79.9. The fraction of sp³-hybridized carbons (Fsp3) is 0.538. The Morgan fingerprint density at radius 3 is 2.56 bits per heavy atom. The monoisotopic (exact) mass is 333 g/mol. The minimum absolute atomic E-state index is 0.393. The van der Waals surface area contributed by atoms with Crippen LogP contribution in [0.1, 0.15) is 38.7 Å². The first-order valence-electron chi connectivity index (χ1n) is 6.29. The molecular weight excluding hydrogens is 314 g/mol. The van der Waals surface area contributed by atoms with Crippen molar-refractivity contribution in [3.63, 3.8) is 0 Å². The van der Waals surface area contributed by atoms with Gasteiger partial charge in [0.05, 0.1) is 4.90 Å². The fourth-order valence-electron chi connectivity index (χ4n) is 1.75. The third-order valence-electron chi connectivity index (χ3n) is 2.77. The molecule has 18 heavy (non-hydrogen) atoms. The first kappa shape index (κ1) is 15.7. The Morgan fingerprint density at radius 1 is 1.22 bits per heavy atom. The summed E-state index contributed by atoms with van der Waals surface area (Å²) in [7, 11) is -3.37. The molecule has 0 aromatic heterocycles. The van der Waals surface area contributed by atoms with Gasteiger partial charge in [-0.1, -0.05) is 42.6 Å². The van der Waals surface area contributed by atoms with E-state index in [1.807, 2.05) is 13.0 Å². The summed E-state index contributed by atoms with van der Waals surface area (Å²) in [6.07, 6.45) is 3.71. The average molecular weight is 334 g/mol. The van der Waals surface area contributed by atoms with Gasteiger partial charge >= 0.3 is 0 Å². The van der Waals surface area contributed by atoms with Crippen molar-refractivity contribution in [2.45, 2.75) is 44.4 Å². The molecule has 102 valence electrons. The zero-order valence-electron chi connectivity index (χ0n) is 10.9. The lowest BCUT2D eigenvalue weighted by atomic mass is 10.2. The van der Waals surface area contributed by atoms with Crippen LogP contribution in [0.5, 0.6) is 0 Å². The van der Waals surface area contributed by atoms with E-state index in [1.54, 1.807) is 12.1 Å². The number of benzene rings is 1. The second-order valence-corrected chi connectivity index (χ2v) is 6.86. The molecule has 3 nitrogen and oxygen atoms in total. The Labute approximate surface area is 118 Å². The van der Waals surface area contributed by atoms with Crippen LogP contribution >= 0.6 is 15.9 Å². The van der Waals surface area contributed by atoms with Crippen molar-refractivity contribution in [2.75, 3.05) is 6.54 Å². The first-order valence-corrected chi connectivity index (χ1v) is 8.57. The second kappa shape index (κ2) is 7.26. The van der Waals surface area contributed by atoms with Gasteiger partial charge in [-0.2, -0.15) is 0 Å². The largest absolute Gasteiger partial charge is 0.240 e. The van der Waals surface area contributed by atoms with Crippen molar-refractivity contribution in [1.82, 2.24) is 4.72 Å². The summed E-state index contributed by atoms with van der Waals surface area (Å²) < 4.78 is 27.9. The van der Waals surface area contributed by atoms with Gasteiger partial charge in [-0.05, 0) is 36.6 Å². The summed E-state index contributed by atoms with van der Waals surface area (Å²) in [5, 5.41) is 0. The predicted octanol–water partition coefficient (Wildman–Crippen LogP) is 3.48. The van der Waals surface area contributed by atoms with Gasteiger partial charge in [-0.25, -0.2) is 13.1 Å². The molecule has 0 fully saturated rings. The quantitative estimate of drug-likeness (QED) is 0.776. The summed E-state index contributed by atoms with van der Waals surface area (Å²) in [5.41, 5.74) is 0.840. The summed E-state index contributed by atoms with van der Waals surface area (Å²) in [6.45, 7) is 4.56. The standard InChI is InChI=1S/C13H20BrNO2S/c1-3-5-6-9-15-18(16,17)13-8-7-12(14)10-11(13)4-2/h7-8,10,15H,3-6,9H2,1-2H3. The van der Waals surface area contributed by atoms with Crippen LogP contribution in [0.3, 0.4) is 0 Å². The maximum Gasteiger partial charge on any atom is 0.240 e. The van der Waals surface area contributed by atoms with Crippen LogP contribution in [-0.4, -0.2) is 15.0 Å². The number of sulfonamides is 1. The molecular formula is C13H20BrNO2S. The second-order valence-electron chi connectivity index (χ2n) is 4.21. The van der Waals surface area contributed by atoms with Gasteiger partial charge < -0.3 is 0 Å². The maximum atomic E-state index is 12.2. The van der Waals surface area contributed by atoms with E-state index in [9.17, 15) is 8.42 Å². The zero-order valence-corrected chi connectivity index (χ0v) is 13.3.